The van der Waals surface area contributed by atoms with Gasteiger partial charge in [0.05, 0.1) is 0 Å². The third-order valence-corrected chi connectivity index (χ3v) is 2.69. The molecule has 2 aliphatic heterocycles. The van der Waals surface area contributed by atoms with E-state index in [1.165, 1.54) is 25.1 Å². The number of fused-ring (bicyclic) bond motifs is 1. The number of dihydropyridines is 1. The largest absolute Gasteiger partial charge is 0.387 e. The summed E-state index contributed by atoms with van der Waals surface area (Å²) in [4.78, 5) is 2.49. The first-order valence-corrected chi connectivity index (χ1v) is 4.74. The van der Waals surface area contributed by atoms with Crippen molar-refractivity contribution in [1.29, 1.82) is 0 Å². The highest BCUT2D eigenvalue weighted by Crippen LogP contribution is 2.22. The summed E-state index contributed by atoms with van der Waals surface area (Å²) in [6.45, 7) is 6.80. The van der Waals surface area contributed by atoms with Crippen LogP contribution in [0.5, 0.6) is 0 Å². The van der Waals surface area contributed by atoms with Crippen LogP contribution in [0.3, 0.4) is 0 Å². The molecule has 0 atom stereocenters. The van der Waals surface area contributed by atoms with Crippen LogP contribution in [-0.4, -0.2) is 31.1 Å². The Bertz CT molecular complexity index is 228. The van der Waals surface area contributed by atoms with Gasteiger partial charge < -0.3 is 5.32 Å². The van der Waals surface area contributed by atoms with Gasteiger partial charge in [-0.1, -0.05) is 13.0 Å². The van der Waals surface area contributed by atoms with Crippen LogP contribution in [0.1, 0.15) is 13.3 Å². The van der Waals surface area contributed by atoms with Crippen molar-refractivity contribution in [2.45, 2.75) is 13.3 Å². The average molecular weight is 164 g/mol. The van der Waals surface area contributed by atoms with Crippen LogP contribution in [0.2, 0.25) is 0 Å². The highest BCUT2D eigenvalue weighted by molar-refractivity contribution is 5.36. The van der Waals surface area contributed by atoms with E-state index in [0.717, 1.165) is 13.1 Å². The second kappa shape index (κ2) is 3.31. The smallest absolute Gasteiger partial charge is 0.0331 e. The van der Waals surface area contributed by atoms with Gasteiger partial charge in [-0.2, -0.15) is 0 Å². The van der Waals surface area contributed by atoms with E-state index in [-0.39, 0.29) is 0 Å². The summed E-state index contributed by atoms with van der Waals surface area (Å²) >= 11 is 0. The lowest BCUT2D eigenvalue weighted by atomic mass is 9.97. The highest BCUT2D eigenvalue weighted by Gasteiger charge is 2.17. The van der Waals surface area contributed by atoms with Crippen LogP contribution in [0.15, 0.2) is 23.4 Å². The molecule has 0 amide bonds. The van der Waals surface area contributed by atoms with Gasteiger partial charge in [0.2, 0.25) is 0 Å². The molecular formula is C10H16N2. The molecular weight excluding hydrogens is 148 g/mol. The van der Waals surface area contributed by atoms with Crippen LogP contribution in [0, 0.1) is 0 Å². The van der Waals surface area contributed by atoms with Crippen molar-refractivity contribution in [3.05, 3.63) is 23.4 Å². The van der Waals surface area contributed by atoms with Crippen molar-refractivity contribution >= 4 is 0 Å². The summed E-state index contributed by atoms with van der Waals surface area (Å²) in [5.41, 5.74) is 3.06. The lowest BCUT2D eigenvalue weighted by Crippen LogP contribution is -2.34. The fraction of sp³-hybridized carbons (Fsp3) is 0.600. The van der Waals surface area contributed by atoms with Crippen LogP contribution in [0.4, 0.5) is 0 Å². The van der Waals surface area contributed by atoms with Gasteiger partial charge in [0.15, 0.2) is 0 Å². The van der Waals surface area contributed by atoms with Crippen LogP contribution in [-0.2, 0) is 0 Å². The maximum Gasteiger partial charge on any atom is 0.0331 e. The fourth-order valence-corrected chi connectivity index (χ4v) is 1.86. The van der Waals surface area contributed by atoms with Gasteiger partial charge in [0.25, 0.3) is 0 Å². The number of piperidine rings is 1. The molecule has 2 aliphatic rings. The highest BCUT2D eigenvalue weighted by atomic mass is 15.1. The summed E-state index contributed by atoms with van der Waals surface area (Å²) in [6, 6.07) is 0. The third-order valence-electron chi connectivity index (χ3n) is 2.69. The molecule has 0 aromatic heterocycles. The minimum absolute atomic E-state index is 1.01. The first-order valence-electron chi connectivity index (χ1n) is 4.74. The molecule has 2 rings (SSSR count). The molecule has 0 unspecified atom stereocenters. The van der Waals surface area contributed by atoms with Gasteiger partial charge in [-0.3, -0.25) is 4.90 Å². The van der Waals surface area contributed by atoms with Crippen LogP contribution >= 0.6 is 0 Å². The van der Waals surface area contributed by atoms with Gasteiger partial charge in [0.1, 0.15) is 0 Å². The van der Waals surface area contributed by atoms with Gasteiger partial charge in [-0.25, -0.2) is 0 Å². The van der Waals surface area contributed by atoms with E-state index in [1.807, 2.05) is 0 Å². The molecule has 0 bridgehead atoms. The summed E-state index contributed by atoms with van der Waals surface area (Å²) < 4.78 is 0. The van der Waals surface area contributed by atoms with Crippen LogP contribution < -0.4 is 5.32 Å². The molecule has 0 aliphatic carbocycles. The van der Waals surface area contributed by atoms with E-state index in [4.69, 9.17) is 0 Å². The van der Waals surface area contributed by atoms with Crippen molar-refractivity contribution in [2.75, 3.05) is 26.2 Å². The Morgan fingerprint density at radius 3 is 3.25 bits per heavy atom. The molecule has 2 heteroatoms. The average Bonchev–Trinajstić information content (AvgIpc) is 2.17. The van der Waals surface area contributed by atoms with Crippen molar-refractivity contribution in [3.63, 3.8) is 0 Å². The Kier molecular flexibility index (Phi) is 2.17. The Morgan fingerprint density at radius 2 is 2.42 bits per heavy atom. The first-order chi connectivity index (χ1) is 5.90. The Morgan fingerprint density at radius 1 is 1.50 bits per heavy atom. The van der Waals surface area contributed by atoms with E-state index in [1.54, 1.807) is 5.57 Å². The zero-order valence-electron chi connectivity index (χ0n) is 7.64. The van der Waals surface area contributed by atoms with Crippen LogP contribution in [0.25, 0.3) is 0 Å². The normalized spacial score (nSPS) is 23.8. The van der Waals surface area contributed by atoms with Gasteiger partial charge in [0, 0.05) is 25.8 Å². The molecule has 2 heterocycles. The minimum Gasteiger partial charge on any atom is -0.387 e. The summed E-state index contributed by atoms with van der Waals surface area (Å²) in [5.74, 6) is 0. The molecule has 12 heavy (non-hydrogen) atoms. The lowest BCUT2D eigenvalue weighted by molar-refractivity contribution is 0.299. The standard InChI is InChI=1S/C10H16N2/c1-2-12-6-4-9-7-11-5-3-10(9)8-12/h3,7,11H,2,4-6,8H2,1H3. The SMILES string of the molecule is CCN1CCC2=CNCC=C2C1. The van der Waals surface area contributed by atoms with Crippen molar-refractivity contribution in [2.24, 2.45) is 0 Å². The zero-order valence-corrected chi connectivity index (χ0v) is 7.64. The predicted molar refractivity (Wildman–Crippen MR) is 50.9 cm³/mol. The van der Waals surface area contributed by atoms with Crippen molar-refractivity contribution in [1.82, 2.24) is 10.2 Å². The molecule has 0 aromatic carbocycles. The Balaban J connectivity index is 2.09. The number of likely N-dealkylation sites (N-methyl/N-ethyl adjacent to an activating group) is 1. The van der Waals surface area contributed by atoms with Gasteiger partial charge in [-0.15, -0.1) is 0 Å². The molecule has 0 aromatic rings. The third kappa shape index (κ3) is 1.39. The topological polar surface area (TPSA) is 15.3 Å². The van der Waals surface area contributed by atoms with Gasteiger partial charge >= 0.3 is 0 Å². The minimum atomic E-state index is 1.01. The molecule has 66 valence electrons. The molecule has 1 N–H and O–H groups in total. The van der Waals surface area contributed by atoms with E-state index < -0.39 is 0 Å². The monoisotopic (exact) mass is 164 g/mol. The second-order valence-electron chi connectivity index (χ2n) is 3.43. The summed E-state index contributed by atoms with van der Waals surface area (Å²) in [5, 5.41) is 3.26. The molecule has 0 spiro atoms. The molecule has 0 saturated carbocycles. The predicted octanol–water partition coefficient (Wildman–Crippen LogP) is 1.13. The van der Waals surface area contributed by atoms with Gasteiger partial charge in [-0.05, 0) is 24.1 Å². The van der Waals surface area contributed by atoms with E-state index in [2.05, 4.69) is 29.4 Å². The number of likely N-dealkylation sites (tertiary alicyclic amines) is 1. The second-order valence-corrected chi connectivity index (χ2v) is 3.43. The zero-order chi connectivity index (χ0) is 8.39. The Hall–Kier alpha value is -0.760. The summed E-state index contributed by atoms with van der Waals surface area (Å²) in [7, 11) is 0. The van der Waals surface area contributed by atoms with E-state index in [9.17, 15) is 0 Å². The molecule has 1 saturated heterocycles. The molecule has 0 radical (unpaired) electrons. The van der Waals surface area contributed by atoms with Crippen molar-refractivity contribution < 1.29 is 0 Å². The summed E-state index contributed by atoms with van der Waals surface area (Å²) in [6.07, 6.45) is 5.71. The van der Waals surface area contributed by atoms with E-state index >= 15 is 0 Å². The quantitative estimate of drug-likeness (QED) is 0.625. The number of nitrogens with zero attached hydrogens (tertiary/aromatic N) is 1. The molecule has 1 fully saturated rings. The Labute approximate surface area is 73.9 Å². The number of rotatable bonds is 1. The van der Waals surface area contributed by atoms with Crippen molar-refractivity contribution in [3.8, 4) is 0 Å². The number of hydrogen-bond acceptors (Lipinski definition) is 2. The lowest BCUT2D eigenvalue weighted by Gasteiger charge is -2.31. The maximum atomic E-state index is 3.26. The fourth-order valence-electron chi connectivity index (χ4n) is 1.86. The molecule has 2 nitrogen and oxygen atoms in total. The first kappa shape index (κ1) is 7.87. The maximum absolute atomic E-state index is 3.26. The number of nitrogens with one attached hydrogen (secondary N) is 1. The number of hydrogen-bond donors (Lipinski definition) is 1. The van der Waals surface area contributed by atoms with E-state index in [0.29, 0.717) is 0 Å².